The molecule has 0 aliphatic rings. The number of hydrogen-bond acceptors (Lipinski definition) is 5. The highest BCUT2D eigenvalue weighted by molar-refractivity contribution is 5.58. The van der Waals surface area contributed by atoms with Gasteiger partial charge in [-0.25, -0.2) is 0 Å². The van der Waals surface area contributed by atoms with E-state index in [4.69, 9.17) is 24.7 Å². The lowest BCUT2D eigenvalue weighted by atomic mass is 10.2. The van der Waals surface area contributed by atoms with E-state index in [-0.39, 0.29) is 0 Å². The van der Waals surface area contributed by atoms with Gasteiger partial charge in [0.1, 0.15) is 11.5 Å². The van der Waals surface area contributed by atoms with E-state index in [2.05, 4.69) is 6.92 Å². The Labute approximate surface area is 136 Å². The van der Waals surface area contributed by atoms with Crippen LogP contribution in [-0.2, 0) is 0 Å². The second kappa shape index (κ2) is 8.17. The van der Waals surface area contributed by atoms with Crippen LogP contribution in [0.3, 0.4) is 0 Å². The molecule has 0 spiro atoms. The van der Waals surface area contributed by atoms with Crippen LogP contribution in [0.25, 0.3) is 0 Å². The Kier molecular flexibility index (Phi) is 5.97. The monoisotopic (exact) mass is 317 g/mol. The minimum Gasteiger partial charge on any atom is -0.497 e. The number of methoxy groups -OCH3 is 2. The number of rotatable bonds is 8. The van der Waals surface area contributed by atoms with Gasteiger partial charge in [0, 0.05) is 12.1 Å². The molecular weight excluding hydrogens is 294 g/mol. The number of nitrogen functional groups attached to an aromatic ring is 1. The number of anilines is 1. The van der Waals surface area contributed by atoms with Crippen LogP contribution in [0.1, 0.15) is 19.8 Å². The van der Waals surface area contributed by atoms with Crippen molar-refractivity contribution in [1.29, 1.82) is 0 Å². The topological polar surface area (TPSA) is 62.9 Å². The largest absolute Gasteiger partial charge is 0.497 e. The van der Waals surface area contributed by atoms with E-state index in [1.165, 1.54) is 0 Å². The normalized spacial score (nSPS) is 10.2. The molecule has 2 N–H and O–H groups in total. The second-order valence-electron chi connectivity index (χ2n) is 5.02. The van der Waals surface area contributed by atoms with Gasteiger partial charge < -0.3 is 24.7 Å². The lowest BCUT2D eigenvalue weighted by molar-refractivity contribution is 0.305. The number of hydrogen-bond donors (Lipinski definition) is 1. The van der Waals surface area contributed by atoms with Crippen molar-refractivity contribution in [3.8, 4) is 28.7 Å². The fraction of sp³-hybridized carbons (Fsp3) is 0.333. The third-order valence-corrected chi connectivity index (χ3v) is 3.34. The zero-order chi connectivity index (χ0) is 16.7. The molecule has 124 valence electrons. The summed E-state index contributed by atoms with van der Waals surface area (Å²) >= 11 is 0. The minimum absolute atomic E-state index is 0.516. The van der Waals surface area contributed by atoms with Gasteiger partial charge in [-0.1, -0.05) is 13.3 Å². The van der Waals surface area contributed by atoms with Crippen molar-refractivity contribution in [2.24, 2.45) is 0 Å². The SMILES string of the molecule is CCCCOc1ccc(Oc2cc(OC)ccc2N)c(OC)c1. The van der Waals surface area contributed by atoms with Gasteiger partial charge in [0.2, 0.25) is 0 Å². The molecule has 0 unspecified atom stereocenters. The zero-order valence-electron chi connectivity index (χ0n) is 13.8. The molecule has 0 radical (unpaired) electrons. The van der Waals surface area contributed by atoms with E-state index in [1.807, 2.05) is 6.07 Å². The van der Waals surface area contributed by atoms with Crippen LogP contribution >= 0.6 is 0 Å². The Balaban J connectivity index is 2.19. The van der Waals surface area contributed by atoms with E-state index in [9.17, 15) is 0 Å². The molecule has 0 saturated heterocycles. The molecule has 0 bridgehead atoms. The van der Waals surface area contributed by atoms with Gasteiger partial charge in [-0.3, -0.25) is 0 Å². The third-order valence-electron chi connectivity index (χ3n) is 3.34. The summed E-state index contributed by atoms with van der Waals surface area (Å²) in [5.74, 6) is 3.09. The fourth-order valence-electron chi connectivity index (χ4n) is 2.00. The summed E-state index contributed by atoms with van der Waals surface area (Å²) in [5, 5.41) is 0. The molecule has 0 fully saturated rings. The number of benzene rings is 2. The van der Waals surface area contributed by atoms with Crippen molar-refractivity contribution < 1.29 is 18.9 Å². The highest BCUT2D eigenvalue weighted by Crippen LogP contribution is 2.37. The second-order valence-corrected chi connectivity index (χ2v) is 5.02. The van der Waals surface area contributed by atoms with Crippen LogP contribution in [0.2, 0.25) is 0 Å². The van der Waals surface area contributed by atoms with Crippen molar-refractivity contribution in [2.75, 3.05) is 26.6 Å². The molecule has 0 heterocycles. The van der Waals surface area contributed by atoms with Crippen LogP contribution in [0.5, 0.6) is 28.7 Å². The molecule has 0 atom stereocenters. The number of nitrogens with two attached hydrogens (primary N) is 1. The zero-order valence-corrected chi connectivity index (χ0v) is 13.8. The third kappa shape index (κ3) is 4.45. The van der Waals surface area contributed by atoms with E-state index in [1.54, 1.807) is 44.6 Å². The van der Waals surface area contributed by atoms with Crippen LogP contribution in [0.15, 0.2) is 36.4 Å². The van der Waals surface area contributed by atoms with Crippen LogP contribution in [0.4, 0.5) is 5.69 Å². The standard InChI is InChI=1S/C18H23NO4/c1-4-5-10-22-14-7-9-16(18(12-14)21-3)23-17-11-13(20-2)6-8-15(17)19/h6-9,11-12H,4-5,10,19H2,1-3H3. The molecule has 2 aromatic carbocycles. The van der Waals surface area contributed by atoms with E-state index < -0.39 is 0 Å². The van der Waals surface area contributed by atoms with Gasteiger partial charge in [-0.2, -0.15) is 0 Å². The summed E-state index contributed by atoms with van der Waals surface area (Å²) < 4.78 is 22.1. The quantitative estimate of drug-likeness (QED) is 0.582. The molecular formula is C18H23NO4. The molecule has 0 aliphatic carbocycles. The van der Waals surface area contributed by atoms with Gasteiger partial charge >= 0.3 is 0 Å². The average Bonchev–Trinajstić information content (AvgIpc) is 2.58. The van der Waals surface area contributed by atoms with Crippen molar-refractivity contribution in [2.45, 2.75) is 19.8 Å². The molecule has 0 aliphatic heterocycles. The molecule has 2 aromatic rings. The van der Waals surface area contributed by atoms with E-state index in [0.717, 1.165) is 18.6 Å². The smallest absolute Gasteiger partial charge is 0.169 e. The van der Waals surface area contributed by atoms with Gasteiger partial charge in [-0.15, -0.1) is 0 Å². The molecule has 0 aromatic heterocycles. The van der Waals surface area contributed by atoms with Gasteiger partial charge in [-0.05, 0) is 30.7 Å². The Bertz CT molecular complexity index is 643. The maximum absolute atomic E-state index is 5.95. The predicted molar refractivity (Wildman–Crippen MR) is 90.9 cm³/mol. The van der Waals surface area contributed by atoms with Gasteiger partial charge in [0.05, 0.1) is 26.5 Å². The highest BCUT2D eigenvalue weighted by Gasteiger charge is 2.10. The number of unbranched alkanes of at least 4 members (excludes halogenated alkanes) is 1. The first kappa shape index (κ1) is 16.8. The first-order chi connectivity index (χ1) is 11.2. The molecule has 0 amide bonds. The predicted octanol–water partition coefficient (Wildman–Crippen LogP) is 4.26. The van der Waals surface area contributed by atoms with Gasteiger partial charge in [0.15, 0.2) is 17.2 Å². The molecule has 23 heavy (non-hydrogen) atoms. The lowest BCUT2D eigenvalue weighted by Crippen LogP contribution is -1.98. The maximum Gasteiger partial charge on any atom is 0.169 e. The summed E-state index contributed by atoms with van der Waals surface area (Å²) in [6, 6.07) is 10.7. The summed E-state index contributed by atoms with van der Waals surface area (Å²) in [5.41, 5.74) is 6.47. The van der Waals surface area contributed by atoms with E-state index in [0.29, 0.717) is 35.3 Å². The molecule has 2 rings (SSSR count). The Hall–Kier alpha value is -2.56. The highest BCUT2D eigenvalue weighted by atomic mass is 16.5. The minimum atomic E-state index is 0.516. The van der Waals surface area contributed by atoms with Crippen LogP contribution in [0, 0.1) is 0 Å². The number of ether oxygens (including phenoxy) is 4. The Morgan fingerprint density at radius 2 is 1.61 bits per heavy atom. The first-order valence-corrected chi connectivity index (χ1v) is 7.60. The fourth-order valence-corrected chi connectivity index (χ4v) is 2.00. The van der Waals surface area contributed by atoms with Crippen molar-refractivity contribution >= 4 is 5.69 Å². The summed E-state index contributed by atoms with van der Waals surface area (Å²) in [4.78, 5) is 0. The van der Waals surface area contributed by atoms with Crippen molar-refractivity contribution in [3.63, 3.8) is 0 Å². The summed E-state index contributed by atoms with van der Waals surface area (Å²) in [6.45, 7) is 2.81. The van der Waals surface area contributed by atoms with E-state index >= 15 is 0 Å². The summed E-state index contributed by atoms with van der Waals surface area (Å²) in [6.07, 6.45) is 2.11. The van der Waals surface area contributed by atoms with Crippen LogP contribution in [-0.4, -0.2) is 20.8 Å². The first-order valence-electron chi connectivity index (χ1n) is 7.60. The van der Waals surface area contributed by atoms with Crippen molar-refractivity contribution in [3.05, 3.63) is 36.4 Å². The lowest BCUT2D eigenvalue weighted by Gasteiger charge is -2.14. The molecule has 5 heteroatoms. The summed E-state index contributed by atoms with van der Waals surface area (Å²) in [7, 11) is 3.19. The van der Waals surface area contributed by atoms with Gasteiger partial charge in [0.25, 0.3) is 0 Å². The van der Waals surface area contributed by atoms with Crippen molar-refractivity contribution in [1.82, 2.24) is 0 Å². The Morgan fingerprint density at radius 3 is 2.30 bits per heavy atom. The average molecular weight is 317 g/mol. The molecule has 0 saturated carbocycles. The Morgan fingerprint density at radius 1 is 0.870 bits per heavy atom. The maximum atomic E-state index is 5.95. The van der Waals surface area contributed by atoms with Crippen LogP contribution < -0.4 is 24.7 Å². The molecule has 5 nitrogen and oxygen atoms in total.